The zero-order chi connectivity index (χ0) is 37.6. The fourth-order valence-electron chi connectivity index (χ4n) is 6.13. The van der Waals surface area contributed by atoms with Crippen molar-refractivity contribution in [3.63, 3.8) is 0 Å². The molecule has 1 aliphatic rings. The van der Waals surface area contributed by atoms with Crippen molar-refractivity contribution in [1.29, 1.82) is 0 Å². The quantitative estimate of drug-likeness (QED) is 0.0502. The van der Waals surface area contributed by atoms with E-state index in [1.54, 1.807) is 13.8 Å². The average Bonchev–Trinajstić information content (AvgIpc) is 3.02. The number of carbonyl (C=O) groups is 4. The molecule has 0 spiro atoms. The Balaban J connectivity index is 2.04. The number of amides is 2. The second-order valence-corrected chi connectivity index (χ2v) is 15.9. The number of rotatable bonds is 20. The Morgan fingerprint density at radius 3 is 2.24 bits per heavy atom. The van der Waals surface area contributed by atoms with E-state index in [0.29, 0.717) is 49.5 Å². The van der Waals surface area contributed by atoms with E-state index in [1.807, 2.05) is 34.6 Å². The maximum absolute atomic E-state index is 13.5. The Hall–Kier alpha value is -3.68. The maximum Gasteiger partial charge on any atom is 0.305 e. The molecule has 0 saturated heterocycles. The zero-order valence-electron chi connectivity index (χ0n) is 31.2. The highest BCUT2D eigenvalue weighted by atomic mass is 32.2. The van der Waals surface area contributed by atoms with E-state index in [9.17, 15) is 27.6 Å². The molecule has 2 rings (SSSR count). The number of nitrogens with zero attached hydrogens (tertiary/aromatic N) is 1. The number of benzene rings is 1. The number of guanidine groups is 1. The number of fused-ring (bicyclic) bond motifs is 1. The highest BCUT2D eigenvalue weighted by Gasteiger charge is 2.33. The first kappa shape index (κ1) is 42.5. The number of methoxy groups -OCH3 is 1. The fraction of sp³-hybridized carbons (Fsp3) is 0.694. The molecule has 1 heterocycles. The predicted octanol–water partition coefficient (Wildman–Crippen LogP) is 4.21. The molecule has 1 unspecified atom stereocenters. The number of unbranched alkanes of at least 4 members (excludes halogenated alkanes) is 4. The zero-order valence-corrected chi connectivity index (χ0v) is 32.0. The Labute approximate surface area is 298 Å². The largest absolute Gasteiger partial charge is 0.487 e. The van der Waals surface area contributed by atoms with Gasteiger partial charge in [0.15, 0.2) is 0 Å². The van der Waals surface area contributed by atoms with Crippen LogP contribution in [0, 0.1) is 26.7 Å². The van der Waals surface area contributed by atoms with Gasteiger partial charge in [-0.3, -0.25) is 19.4 Å². The number of hydrogen-bond acceptors (Lipinski definition) is 9. The van der Waals surface area contributed by atoms with Crippen LogP contribution >= 0.6 is 0 Å². The molecule has 0 aromatic heterocycles. The molecule has 282 valence electrons. The molecule has 1 aromatic carbocycles. The summed E-state index contributed by atoms with van der Waals surface area (Å²) in [5.41, 5.74) is 8.53. The molecule has 2 atom stereocenters. The summed E-state index contributed by atoms with van der Waals surface area (Å²) >= 11 is 0. The number of nitrogens with one attached hydrogen (secondary N) is 3. The molecule has 13 nitrogen and oxygen atoms in total. The van der Waals surface area contributed by atoms with E-state index < -0.39 is 28.0 Å². The molecule has 0 fully saturated rings. The second-order valence-electron chi connectivity index (χ2n) is 14.2. The predicted molar refractivity (Wildman–Crippen MR) is 193 cm³/mol. The van der Waals surface area contributed by atoms with Gasteiger partial charge >= 0.3 is 5.97 Å². The van der Waals surface area contributed by atoms with Crippen LogP contribution in [-0.2, 0) is 40.4 Å². The number of aliphatic imine (C=N–C) groups is 1. The molecule has 0 radical (unpaired) electrons. The summed E-state index contributed by atoms with van der Waals surface area (Å²) in [7, 11) is -2.71. The monoisotopic (exact) mass is 721 g/mol. The Kier molecular flexibility index (Phi) is 16.7. The minimum atomic E-state index is -4.07. The lowest BCUT2D eigenvalue weighted by atomic mass is 9.88. The first-order chi connectivity index (χ1) is 23.4. The molecule has 0 bridgehead atoms. The number of esters is 1. The van der Waals surface area contributed by atoms with Crippen LogP contribution in [0.2, 0.25) is 0 Å². The van der Waals surface area contributed by atoms with Gasteiger partial charge in [0.05, 0.1) is 18.0 Å². The SMILES string of the molecule is COC(=O)CCCCCCCC(=O)N[C@@H](CCCN=C(N)NS(=O)(=O)c1c(C)c(C)c2c(c1C)CCC(C)(C)O2)C(=O)NC(C=O)CC(C)C. The number of carbonyl (C=O) groups excluding carboxylic acids is 4. The first-order valence-electron chi connectivity index (χ1n) is 17.7. The van der Waals surface area contributed by atoms with Crippen LogP contribution in [0.5, 0.6) is 5.75 Å². The normalized spacial score (nSPS) is 15.3. The molecule has 0 aliphatic carbocycles. The highest BCUT2D eigenvalue weighted by Crippen LogP contribution is 2.42. The van der Waals surface area contributed by atoms with Crippen LogP contribution in [-0.4, -0.2) is 69.8 Å². The summed E-state index contributed by atoms with van der Waals surface area (Å²) in [5, 5.41) is 5.52. The van der Waals surface area contributed by atoms with E-state index in [-0.39, 0.29) is 53.6 Å². The number of ether oxygens (including phenoxy) is 2. The van der Waals surface area contributed by atoms with Gasteiger partial charge in [-0.05, 0) is 108 Å². The second kappa shape index (κ2) is 19.6. The van der Waals surface area contributed by atoms with Gasteiger partial charge in [0.25, 0.3) is 10.0 Å². The molecule has 14 heteroatoms. The Morgan fingerprint density at radius 2 is 1.62 bits per heavy atom. The third-order valence-corrected chi connectivity index (χ3v) is 10.6. The number of hydrogen-bond donors (Lipinski definition) is 4. The van der Waals surface area contributed by atoms with Crippen molar-refractivity contribution in [2.45, 2.75) is 148 Å². The van der Waals surface area contributed by atoms with Crippen molar-refractivity contribution in [2.24, 2.45) is 16.6 Å². The van der Waals surface area contributed by atoms with E-state index >= 15 is 0 Å². The van der Waals surface area contributed by atoms with Crippen LogP contribution in [0.25, 0.3) is 0 Å². The number of nitrogens with two attached hydrogens (primary N) is 1. The maximum atomic E-state index is 13.5. The first-order valence-corrected chi connectivity index (χ1v) is 19.2. The van der Waals surface area contributed by atoms with Gasteiger partial charge in [-0.1, -0.05) is 33.1 Å². The lowest BCUT2D eigenvalue weighted by Crippen LogP contribution is -2.50. The summed E-state index contributed by atoms with van der Waals surface area (Å²) in [6.07, 6.45) is 7.56. The van der Waals surface area contributed by atoms with Crippen molar-refractivity contribution < 1.29 is 37.1 Å². The average molecular weight is 722 g/mol. The lowest BCUT2D eigenvalue weighted by Gasteiger charge is -2.35. The van der Waals surface area contributed by atoms with Crippen molar-refractivity contribution in [3.8, 4) is 5.75 Å². The number of aldehydes is 1. The molecule has 1 aliphatic heterocycles. The van der Waals surface area contributed by atoms with Crippen molar-refractivity contribution in [2.75, 3.05) is 13.7 Å². The summed E-state index contributed by atoms with van der Waals surface area (Å²) < 4.78 is 40.4. The van der Waals surface area contributed by atoms with Gasteiger partial charge in [0, 0.05) is 19.4 Å². The van der Waals surface area contributed by atoms with Gasteiger partial charge in [0.1, 0.15) is 23.7 Å². The standard InChI is InChI=1S/C36H59N5O8S/c1-23(2)21-27(22-42)39-34(45)29(40-30(43)16-12-10-9-11-13-17-31(44)48-8)15-14-20-38-35(37)41-50(46,47)33-25(4)24(3)32-28(26(33)5)18-19-36(6,7)49-32/h22-23,27,29H,9-21H2,1-8H3,(H,39,45)(H,40,43)(H3,37,38,41)/t27?,29-/m0/s1. The van der Waals surface area contributed by atoms with Crippen LogP contribution in [0.15, 0.2) is 9.89 Å². The molecular weight excluding hydrogens is 662 g/mol. The molecule has 50 heavy (non-hydrogen) atoms. The summed E-state index contributed by atoms with van der Waals surface area (Å²) in [6, 6.07) is -1.60. The van der Waals surface area contributed by atoms with Gasteiger partial charge < -0.3 is 30.6 Å². The van der Waals surface area contributed by atoms with Crippen molar-refractivity contribution in [3.05, 3.63) is 22.3 Å². The van der Waals surface area contributed by atoms with Gasteiger partial charge in [-0.2, -0.15) is 0 Å². The summed E-state index contributed by atoms with van der Waals surface area (Å²) in [5.74, 6) is -0.380. The van der Waals surface area contributed by atoms with Gasteiger partial charge in [-0.25, -0.2) is 13.1 Å². The van der Waals surface area contributed by atoms with E-state index in [0.717, 1.165) is 49.0 Å². The van der Waals surface area contributed by atoms with Gasteiger partial charge in [-0.15, -0.1) is 0 Å². The highest BCUT2D eigenvalue weighted by molar-refractivity contribution is 7.90. The summed E-state index contributed by atoms with van der Waals surface area (Å²) in [6.45, 7) is 13.4. The van der Waals surface area contributed by atoms with E-state index in [4.69, 9.17) is 10.5 Å². The molecule has 0 saturated carbocycles. The Morgan fingerprint density at radius 1 is 0.980 bits per heavy atom. The Bertz CT molecular complexity index is 1490. The van der Waals surface area contributed by atoms with Crippen molar-refractivity contribution >= 4 is 40.1 Å². The lowest BCUT2D eigenvalue weighted by molar-refractivity contribution is -0.140. The third-order valence-electron chi connectivity index (χ3n) is 8.99. The van der Waals surface area contributed by atoms with Crippen LogP contribution in [0.4, 0.5) is 0 Å². The van der Waals surface area contributed by atoms with Crippen LogP contribution < -0.4 is 25.8 Å². The third kappa shape index (κ3) is 13.2. The minimum Gasteiger partial charge on any atom is -0.487 e. The molecule has 5 N–H and O–H groups in total. The smallest absolute Gasteiger partial charge is 0.305 e. The van der Waals surface area contributed by atoms with Crippen molar-refractivity contribution in [1.82, 2.24) is 15.4 Å². The molecule has 2 amide bonds. The van der Waals surface area contributed by atoms with Gasteiger partial charge in [0.2, 0.25) is 17.8 Å². The van der Waals surface area contributed by atoms with Crippen LogP contribution in [0.1, 0.15) is 121 Å². The molecule has 1 aromatic rings. The number of sulfonamides is 1. The topological polar surface area (TPSA) is 195 Å². The molecular formula is C36H59N5O8S. The van der Waals surface area contributed by atoms with E-state index in [2.05, 4.69) is 25.1 Å². The summed E-state index contributed by atoms with van der Waals surface area (Å²) in [4.78, 5) is 53.2. The van der Waals surface area contributed by atoms with E-state index in [1.165, 1.54) is 7.11 Å². The fourth-order valence-corrected chi connectivity index (χ4v) is 7.65. The van der Waals surface area contributed by atoms with Crippen LogP contribution in [0.3, 0.4) is 0 Å². The minimum absolute atomic E-state index is 0.0901.